The summed E-state index contributed by atoms with van der Waals surface area (Å²) >= 11 is 6.00. The van der Waals surface area contributed by atoms with E-state index in [2.05, 4.69) is 25.5 Å². The molecule has 0 spiro atoms. The molecule has 0 saturated heterocycles. The lowest BCUT2D eigenvalue weighted by Gasteiger charge is -2.06. The summed E-state index contributed by atoms with van der Waals surface area (Å²) in [7, 11) is 0. The fourth-order valence-corrected chi connectivity index (χ4v) is 2.21. The van der Waals surface area contributed by atoms with Gasteiger partial charge in [0.25, 0.3) is 5.91 Å². The van der Waals surface area contributed by atoms with Gasteiger partial charge in [-0.05, 0) is 30.7 Å². The third-order valence-electron chi connectivity index (χ3n) is 3.02. The van der Waals surface area contributed by atoms with Crippen molar-refractivity contribution in [2.75, 3.05) is 5.32 Å². The summed E-state index contributed by atoms with van der Waals surface area (Å²) < 4.78 is 0. The molecule has 7 heteroatoms. The molecule has 22 heavy (non-hydrogen) atoms. The van der Waals surface area contributed by atoms with Crippen molar-refractivity contribution >= 4 is 23.3 Å². The van der Waals surface area contributed by atoms with E-state index in [1.165, 1.54) is 0 Å². The van der Waals surface area contributed by atoms with E-state index in [0.717, 1.165) is 11.1 Å². The standard InChI is InChI=1S/C15H12ClN5O/c1-9-17-6-5-13(19-9)15(22)20-14-12(8-18-21-14)10-3-2-4-11(16)7-10/h2-8H,1H3,(H2,18,20,21,22). The van der Waals surface area contributed by atoms with Crippen molar-refractivity contribution in [1.29, 1.82) is 0 Å². The summed E-state index contributed by atoms with van der Waals surface area (Å²) in [4.78, 5) is 20.3. The van der Waals surface area contributed by atoms with Gasteiger partial charge in [-0.2, -0.15) is 5.10 Å². The van der Waals surface area contributed by atoms with Gasteiger partial charge in [-0.25, -0.2) is 9.97 Å². The number of carbonyl (C=O) groups excluding carboxylic acids is 1. The van der Waals surface area contributed by atoms with E-state index in [0.29, 0.717) is 22.4 Å². The number of aromatic nitrogens is 4. The number of aryl methyl sites for hydroxylation is 1. The molecule has 3 rings (SSSR count). The van der Waals surface area contributed by atoms with Gasteiger partial charge in [0.05, 0.1) is 6.20 Å². The summed E-state index contributed by atoms with van der Waals surface area (Å²) in [6.45, 7) is 1.73. The Kier molecular flexibility index (Phi) is 3.84. The fourth-order valence-electron chi connectivity index (χ4n) is 2.02. The number of aromatic amines is 1. The molecule has 2 N–H and O–H groups in total. The lowest BCUT2D eigenvalue weighted by molar-refractivity contribution is 0.102. The number of rotatable bonds is 3. The van der Waals surface area contributed by atoms with E-state index < -0.39 is 0 Å². The van der Waals surface area contributed by atoms with Crippen LogP contribution in [-0.2, 0) is 0 Å². The van der Waals surface area contributed by atoms with Gasteiger partial charge in [0.2, 0.25) is 0 Å². The Morgan fingerprint density at radius 2 is 2.18 bits per heavy atom. The Labute approximate surface area is 131 Å². The van der Waals surface area contributed by atoms with Gasteiger partial charge in [0.15, 0.2) is 0 Å². The van der Waals surface area contributed by atoms with Crippen LogP contribution in [0, 0.1) is 6.92 Å². The molecule has 0 bridgehead atoms. The maximum absolute atomic E-state index is 12.2. The van der Waals surface area contributed by atoms with Gasteiger partial charge in [-0.3, -0.25) is 9.89 Å². The molecule has 1 aromatic carbocycles. The van der Waals surface area contributed by atoms with Crippen LogP contribution < -0.4 is 5.32 Å². The number of H-pyrrole nitrogens is 1. The number of anilines is 1. The predicted octanol–water partition coefficient (Wildman–Crippen LogP) is 3.08. The van der Waals surface area contributed by atoms with Crippen molar-refractivity contribution in [2.45, 2.75) is 6.92 Å². The highest BCUT2D eigenvalue weighted by Gasteiger charge is 2.13. The molecule has 2 aromatic heterocycles. The predicted molar refractivity (Wildman–Crippen MR) is 83.8 cm³/mol. The number of nitrogens with one attached hydrogen (secondary N) is 2. The van der Waals surface area contributed by atoms with Crippen molar-refractivity contribution in [3.63, 3.8) is 0 Å². The Hall–Kier alpha value is -2.73. The van der Waals surface area contributed by atoms with Crippen LogP contribution in [0.5, 0.6) is 0 Å². The first-order valence-corrected chi connectivity index (χ1v) is 6.91. The van der Waals surface area contributed by atoms with E-state index in [9.17, 15) is 4.79 Å². The van der Waals surface area contributed by atoms with Gasteiger partial charge in [0.1, 0.15) is 17.3 Å². The molecule has 0 saturated carbocycles. The van der Waals surface area contributed by atoms with E-state index in [-0.39, 0.29) is 5.91 Å². The van der Waals surface area contributed by atoms with Crippen LogP contribution in [0.3, 0.4) is 0 Å². The molecular formula is C15H12ClN5O. The largest absolute Gasteiger partial charge is 0.305 e. The first-order chi connectivity index (χ1) is 10.6. The van der Waals surface area contributed by atoms with Gasteiger partial charge in [-0.15, -0.1) is 0 Å². The fraction of sp³-hybridized carbons (Fsp3) is 0.0667. The molecule has 0 aliphatic rings. The summed E-state index contributed by atoms with van der Waals surface area (Å²) in [5.74, 6) is 0.689. The number of nitrogens with zero attached hydrogens (tertiary/aromatic N) is 3. The summed E-state index contributed by atoms with van der Waals surface area (Å²) in [5, 5.41) is 10.1. The Balaban J connectivity index is 1.88. The molecule has 110 valence electrons. The molecule has 0 fully saturated rings. The number of hydrogen-bond donors (Lipinski definition) is 2. The zero-order valence-corrected chi connectivity index (χ0v) is 12.4. The van der Waals surface area contributed by atoms with Crippen molar-refractivity contribution in [3.8, 4) is 11.1 Å². The van der Waals surface area contributed by atoms with Crippen LogP contribution in [0.4, 0.5) is 5.82 Å². The number of benzene rings is 1. The van der Waals surface area contributed by atoms with Crippen molar-refractivity contribution in [2.24, 2.45) is 0 Å². The second kappa shape index (κ2) is 5.95. The van der Waals surface area contributed by atoms with Gasteiger partial charge < -0.3 is 5.32 Å². The smallest absolute Gasteiger partial charge is 0.275 e. The topological polar surface area (TPSA) is 83.6 Å². The molecule has 2 heterocycles. The second-order valence-electron chi connectivity index (χ2n) is 4.61. The first kappa shape index (κ1) is 14.2. The van der Waals surface area contributed by atoms with Crippen molar-refractivity contribution in [3.05, 3.63) is 59.3 Å². The van der Waals surface area contributed by atoms with Gasteiger partial charge >= 0.3 is 0 Å². The molecule has 0 aliphatic heterocycles. The summed E-state index contributed by atoms with van der Waals surface area (Å²) in [6, 6.07) is 8.87. The summed E-state index contributed by atoms with van der Waals surface area (Å²) in [6.07, 6.45) is 3.18. The summed E-state index contributed by atoms with van der Waals surface area (Å²) in [5.41, 5.74) is 1.90. The molecule has 0 radical (unpaired) electrons. The van der Waals surface area contributed by atoms with Crippen LogP contribution in [0.1, 0.15) is 16.3 Å². The highest BCUT2D eigenvalue weighted by Crippen LogP contribution is 2.28. The zero-order valence-electron chi connectivity index (χ0n) is 11.7. The van der Waals surface area contributed by atoms with Crippen LogP contribution in [0.25, 0.3) is 11.1 Å². The van der Waals surface area contributed by atoms with Crippen LogP contribution >= 0.6 is 11.6 Å². The molecular weight excluding hydrogens is 302 g/mol. The number of amides is 1. The molecule has 6 nitrogen and oxygen atoms in total. The quantitative estimate of drug-likeness (QED) is 0.778. The first-order valence-electron chi connectivity index (χ1n) is 6.54. The van der Waals surface area contributed by atoms with E-state index in [1.54, 1.807) is 37.5 Å². The molecule has 0 unspecified atom stereocenters. The van der Waals surface area contributed by atoms with E-state index >= 15 is 0 Å². The second-order valence-corrected chi connectivity index (χ2v) is 5.05. The van der Waals surface area contributed by atoms with Gasteiger partial charge in [-0.1, -0.05) is 23.7 Å². The molecule has 1 amide bonds. The van der Waals surface area contributed by atoms with Crippen molar-refractivity contribution in [1.82, 2.24) is 20.2 Å². The third kappa shape index (κ3) is 2.96. The maximum atomic E-state index is 12.2. The lowest BCUT2D eigenvalue weighted by Crippen LogP contribution is -2.15. The number of carbonyl (C=O) groups is 1. The minimum Gasteiger partial charge on any atom is -0.305 e. The molecule has 0 atom stereocenters. The Morgan fingerprint density at radius 3 is 2.95 bits per heavy atom. The monoisotopic (exact) mass is 313 g/mol. The average molecular weight is 314 g/mol. The highest BCUT2D eigenvalue weighted by molar-refractivity contribution is 6.30. The SMILES string of the molecule is Cc1nccc(C(=O)Nc2[nH]ncc2-c2cccc(Cl)c2)n1. The van der Waals surface area contributed by atoms with Crippen LogP contribution in [0.2, 0.25) is 5.02 Å². The van der Waals surface area contributed by atoms with Crippen LogP contribution in [0.15, 0.2) is 42.7 Å². The molecule has 3 aromatic rings. The Bertz CT molecular complexity index is 830. The minimum atomic E-state index is -0.335. The van der Waals surface area contributed by atoms with Crippen molar-refractivity contribution < 1.29 is 4.79 Å². The zero-order chi connectivity index (χ0) is 15.5. The number of halogens is 1. The highest BCUT2D eigenvalue weighted by atomic mass is 35.5. The molecule has 0 aliphatic carbocycles. The maximum Gasteiger partial charge on any atom is 0.275 e. The average Bonchev–Trinajstić information content (AvgIpc) is 2.95. The van der Waals surface area contributed by atoms with Crippen LogP contribution in [-0.4, -0.2) is 26.1 Å². The van der Waals surface area contributed by atoms with E-state index in [1.807, 2.05) is 12.1 Å². The lowest BCUT2D eigenvalue weighted by atomic mass is 10.1. The number of hydrogen-bond acceptors (Lipinski definition) is 4. The van der Waals surface area contributed by atoms with E-state index in [4.69, 9.17) is 11.6 Å². The normalized spacial score (nSPS) is 10.5. The minimum absolute atomic E-state index is 0.291. The van der Waals surface area contributed by atoms with Gasteiger partial charge in [0, 0.05) is 16.8 Å². The third-order valence-corrected chi connectivity index (χ3v) is 3.26. The Morgan fingerprint density at radius 1 is 1.32 bits per heavy atom.